The molecule has 0 unspecified atom stereocenters. The second kappa shape index (κ2) is 9.98. The quantitative estimate of drug-likeness (QED) is 0.648. The molecule has 2 aromatic rings. The first-order valence-corrected chi connectivity index (χ1v) is 8.74. The maximum Gasteiger partial charge on any atom is 0.416 e. The molecule has 2 rings (SSSR count). The second-order valence-electron chi connectivity index (χ2n) is 5.73. The van der Waals surface area contributed by atoms with E-state index in [1.165, 1.54) is 12.1 Å². The van der Waals surface area contributed by atoms with Crippen LogP contribution in [0.15, 0.2) is 48.5 Å². The van der Waals surface area contributed by atoms with Crippen molar-refractivity contribution in [1.82, 2.24) is 10.6 Å². The third-order valence-electron chi connectivity index (χ3n) is 3.62. The maximum atomic E-state index is 12.5. The number of hydrogen-bond donors (Lipinski definition) is 2. The summed E-state index contributed by atoms with van der Waals surface area (Å²) in [5, 5.41) is 5.74. The summed E-state index contributed by atoms with van der Waals surface area (Å²) in [6.45, 7) is 0.451. The highest BCUT2D eigenvalue weighted by atomic mass is 35.5. The predicted octanol–water partition coefficient (Wildman–Crippen LogP) is 3.67. The van der Waals surface area contributed by atoms with Crippen molar-refractivity contribution >= 4 is 23.4 Å². The Bertz CT molecular complexity index is 794. The van der Waals surface area contributed by atoms with Crippen LogP contribution in [0.3, 0.4) is 0 Å². The van der Waals surface area contributed by atoms with Crippen LogP contribution in [0.4, 0.5) is 13.2 Å². The van der Waals surface area contributed by atoms with Gasteiger partial charge in [-0.1, -0.05) is 11.6 Å². The molecule has 0 saturated carbocycles. The molecule has 0 aliphatic heterocycles. The number of halogens is 4. The van der Waals surface area contributed by atoms with E-state index in [2.05, 4.69) is 10.6 Å². The fraction of sp³-hybridized carbons (Fsp3) is 0.263. The highest BCUT2D eigenvalue weighted by molar-refractivity contribution is 6.30. The number of hydrogen-bond acceptors (Lipinski definition) is 3. The maximum absolute atomic E-state index is 12.5. The molecule has 9 heteroatoms. The Kier molecular flexibility index (Phi) is 7.69. The molecule has 0 spiro atoms. The normalized spacial score (nSPS) is 11.0. The topological polar surface area (TPSA) is 67.4 Å². The minimum absolute atomic E-state index is 0.0829. The molecule has 0 atom stereocenters. The lowest BCUT2D eigenvalue weighted by Gasteiger charge is -2.10. The standard InChI is InChI=1S/C19H18ClF3N2O3/c20-15-5-1-13(2-6-15)18(27)25-10-9-17(26)24-11-12-28-16-7-3-14(4-8-16)19(21,22)23/h1-8H,9-12H2,(H,24,26)(H,25,27). The van der Waals surface area contributed by atoms with E-state index in [1.54, 1.807) is 24.3 Å². The van der Waals surface area contributed by atoms with Crippen LogP contribution in [-0.4, -0.2) is 31.5 Å². The number of carbonyl (C=O) groups excluding carboxylic acids is 2. The van der Waals surface area contributed by atoms with E-state index in [9.17, 15) is 22.8 Å². The van der Waals surface area contributed by atoms with Crippen molar-refractivity contribution in [2.24, 2.45) is 0 Å². The van der Waals surface area contributed by atoms with Crippen LogP contribution in [0.5, 0.6) is 5.75 Å². The first-order valence-electron chi connectivity index (χ1n) is 8.36. The van der Waals surface area contributed by atoms with E-state index < -0.39 is 11.7 Å². The zero-order valence-electron chi connectivity index (χ0n) is 14.7. The number of rotatable bonds is 8. The first-order chi connectivity index (χ1) is 13.3. The fourth-order valence-electron chi connectivity index (χ4n) is 2.18. The third kappa shape index (κ3) is 7.11. The van der Waals surface area contributed by atoms with Gasteiger partial charge in [0.15, 0.2) is 0 Å². The van der Waals surface area contributed by atoms with E-state index in [1.807, 2.05) is 0 Å². The Hall–Kier alpha value is -2.74. The highest BCUT2D eigenvalue weighted by Gasteiger charge is 2.29. The fourth-order valence-corrected chi connectivity index (χ4v) is 2.31. The van der Waals surface area contributed by atoms with E-state index >= 15 is 0 Å². The number of nitrogens with one attached hydrogen (secondary N) is 2. The summed E-state index contributed by atoms with van der Waals surface area (Å²) in [6, 6.07) is 10.6. The van der Waals surface area contributed by atoms with Gasteiger partial charge in [0.25, 0.3) is 5.91 Å². The molecule has 0 saturated heterocycles. The van der Waals surface area contributed by atoms with Crippen LogP contribution >= 0.6 is 11.6 Å². The van der Waals surface area contributed by atoms with Crippen LogP contribution in [-0.2, 0) is 11.0 Å². The Labute approximate surface area is 164 Å². The van der Waals surface area contributed by atoms with Crippen molar-refractivity contribution in [3.8, 4) is 5.75 Å². The van der Waals surface area contributed by atoms with Crippen molar-refractivity contribution in [2.45, 2.75) is 12.6 Å². The van der Waals surface area contributed by atoms with Crippen LogP contribution in [0, 0.1) is 0 Å². The molecule has 0 aliphatic carbocycles. The van der Waals surface area contributed by atoms with Crippen molar-refractivity contribution < 1.29 is 27.5 Å². The predicted molar refractivity (Wildman–Crippen MR) is 98.4 cm³/mol. The second-order valence-corrected chi connectivity index (χ2v) is 6.17. The summed E-state index contributed by atoms with van der Waals surface area (Å²) in [5.41, 5.74) is -0.316. The Morgan fingerprint density at radius 1 is 0.929 bits per heavy atom. The molecule has 28 heavy (non-hydrogen) atoms. The van der Waals surface area contributed by atoms with Gasteiger partial charge in [0.05, 0.1) is 12.1 Å². The van der Waals surface area contributed by atoms with Crippen molar-refractivity contribution in [3.63, 3.8) is 0 Å². The van der Waals surface area contributed by atoms with Crippen molar-refractivity contribution in [2.75, 3.05) is 19.7 Å². The lowest BCUT2D eigenvalue weighted by molar-refractivity contribution is -0.137. The minimum atomic E-state index is -4.39. The molecule has 150 valence electrons. The van der Waals surface area contributed by atoms with Gasteiger partial charge in [-0.15, -0.1) is 0 Å². The molecule has 5 nitrogen and oxygen atoms in total. The van der Waals surface area contributed by atoms with E-state index in [0.29, 0.717) is 10.6 Å². The lowest BCUT2D eigenvalue weighted by atomic mass is 10.2. The zero-order valence-corrected chi connectivity index (χ0v) is 15.4. The molecule has 0 radical (unpaired) electrons. The largest absolute Gasteiger partial charge is 0.492 e. The van der Waals surface area contributed by atoms with E-state index in [4.69, 9.17) is 16.3 Å². The summed E-state index contributed by atoms with van der Waals surface area (Å²) in [6.07, 6.45) is -4.31. The molecule has 2 amide bonds. The average Bonchev–Trinajstić information content (AvgIpc) is 2.65. The number of amides is 2. The average molecular weight is 415 g/mol. The van der Waals surface area contributed by atoms with Crippen molar-refractivity contribution in [3.05, 3.63) is 64.7 Å². The molecule has 0 heterocycles. The van der Waals surface area contributed by atoms with Gasteiger partial charge in [0.1, 0.15) is 12.4 Å². The van der Waals surface area contributed by atoms with Gasteiger partial charge < -0.3 is 15.4 Å². The number of carbonyl (C=O) groups is 2. The molecule has 2 N–H and O–H groups in total. The number of ether oxygens (including phenoxy) is 1. The summed E-state index contributed by atoms with van der Waals surface area (Å²) in [7, 11) is 0. The molecular formula is C19H18ClF3N2O3. The van der Waals surface area contributed by atoms with Crippen LogP contribution in [0.25, 0.3) is 0 Å². The summed E-state index contributed by atoms with van der Waals surface area (Å²) in [5.74, 6) is -0.319. The number of benzene rings is 2. The van der Waals surface area contributed by atoms with Crippen LogP contribution < -0.4 is 15.4 Å². The van der Waals surface area contributed by atoms with Gasteiger partial charge in [-0.05, 0) is 48.5 Å². The molecule has 0 fully saturated rings. The smallest absolute Gasteiger partial charge is 0.416 e. The van der Waals surface area contributed by atoms with Gasteiger partial charge in [-0.3, -0.25) is 9.59 Å². The van der Waals surface area contributed by atoms with Gasteiger partial charge >= 0.3 is 6.18 Å². The van der Waals surface area contributed by atoms with Crippen LogP contribution in [0.2, 0.25) is 5.02 Å². The monoisotopic (exact) mass is 414 g/mol. The summed E-state index contributed by atoms with van der Waals surface area (Å²) < 4.78 is 42.6. The molecule has 0 aliphatic rings. The first kappa shape index (κ1) is 21.6. The van der Waals surface area contributed by atoms with Gasteiger partial charge in [0.2, 0.25) is 5.91 Å². The Balaban J connectivity index is 1.61. The Morgan fingerprint density at radius 2 is 1.57 bits per heavy atom. The third-order valence-corrected chi connectivity index (χ3v) is 3.87. The Morgan fingerprint density at radius 3 is 2.18 bits per heavy atom. The van der Waals surface area contributed by atoms with E-state index in [0.717, 1.165) is 12.1 Å². The van der Waals surface area contributed by atoms with E-state index in [-0.39, 0.29) is 43.7 Å². The lowest BCUT2D eigenvalue weighted by Crippen LogP contribution is -2.32. The van der Waals surface area contributed by atoms with Gasteiger partial charge in [-0.2, -0.15) is 13.2 Å². The minimum Gasteiger partial charge on any atom is -0.492 e. The number of alkyl halides is 3. The summed E-state index contributed by atoms with van der Waals surface area (Å²) in [4.78, 5) is 23.6. The molecule has 2 aromatic carbocycles. The van der Waals surface area contributed by atoms with Crippen LogP contribution in [0.1, 0.15) is 22.3 Å². The summed E-state index contributed by atoms with van der Waals surface area (Å²) >= 11 is 5.75. The van der Waals surface area contributed by atoms with Gasteiger partial charge in [0, 0.05) is 23.6 Å². The molecule has 0 bridgehead atoms. The highest BCUT2D eigenvalue weighted by Crippen LogP contribution is 2.30. The molecular weight excluding hydrogens is 397 g/mol. The van der Waals surface area contributed by atoms with Gasteiger partial charge in [-0.25, -0.2) is 0 Å². The zero-order chi connectivity index (χ0) is 20.6. The SMILES string of the molecule is O=C(CCNC(=O)c1ccc(Cl)cc1)NCCOc1ccc(C(F)(F)F)cc1. The van der Waals surface area contributed by atoms with Crippen molar-refractivity contribution in [1.29, 1.82) is 0 Å². The molecule has 0 aromatic heterocycles.